The number of rotatable bonds is 5. The lowest BCUT2D eigenvalue weighted by Gasteiger charge is -2.33. The monoisotopic (exact) mass is 391 g/mol. The van der Waals surface area contributed by atoms with Crippen LogP contribution in [0.25, 0.3) is 0 Å². The van der Waals surface area contributed by atoms with Gasteiger partial charge < -0.3 is 19.0 Å². The van der Waals surface area contributed by atoms with Crippen LogP contribution in [0.4, 0.5) is 0 Å². The van der Waals surface area contributed by atoms with Crippen molar-refractivity contribution in [1.29, 1.82) is 0 Å². The number of ether oxygens (including phenoxy) is 1. The summed E-state index contributed by atoms with van der Waals surface area (Å²) in [6, 6.07) is 3.37. The van der Waals surface area contributed by atoms with E-state index in [2.05, 4.69) is 4.90 Å². The first-order valence-corrected chi connectivity index (χ1v) is 10.1. The summed E-state index contributed by atoms with van der Waals surface area (Å²) in [4.78, 5) is 42.7. The third-order valence-corrected chi connectivity index (χ3v) is 5.42. The van der Waals surface area contributed by atoms with Crippen molar-refractivity contribution in [3.05, 3.63) is 24.2 Å². The highest BCUT2D eigenvalue weighted by molar-refractivity contribution is 5.91. The van der Waals surface area contributed by atoms with Crippen molar-refractivity contribution in [1.82, 2.24) is 14.7 Å². The van der Waals surface area contributed by atoms with Gasteiger partial charge in [0.1, 0.15) is 0 Å². The Kier molecular flexibility index (Phi) is 7.08. The van der Waals surface area contributed by atoms with E-state index in [1.54, 1.807) is 24.0 Å². The molecular formula is C20H29N3O5. The summed E-state index contributed by atoms with van der Waals surface area (Å²) in [6.45, 7) is 6.42. The lowest BCUT2D eigenvalue weighted by molar-refractivity contribution is -0.144. The normalized spacial score (nSPS) is 19.3. The van der Waals surface area contributed by atoms with Gasteiger partial charge in [0.15, 0.2) is 5.76 Å². The SMILES string of the molecule is CCOC(=O)CN1CCCN(C(=O)C2CCN(C(=O)c3ccco3)CC2)CC1. The quantitative estimate of drug-likeness (QED) is 0.702. The average Bonchev–Trinajstić information content (AvgIpc) is 3.15. The Bertz CT molecular complexity index is 667. The summed E-state index contributed by atoms with van der Waals surface area (Å²) >= 11 is 0. The van der Waals surface area contributed by atoms with Gasteiger partial charge in [-0.25, -0.2) is 0 Å². The summed E-state index contributed by atoms with van der Waals surface area (Å²) < 4.78 is 10.2. The lowest BCUT2D eigenvalue weighted by atomic mass is 9.95. The number of furan rings is 1. The Hall–Kier alpha value is -2.35. The number of piperidine rings is 1. The van der Waals surface area contributed by atoms with E-state index >= 15 is 0 Å². The summed E-state index contributed by atoms with van der Waals surface area (Å²) in [5.41, 5.74) is 0. The predicted octanol–water partition coefficient (Wildman–Crippen LogP) is 1.23. The molecule has 3 rings (SSSR count). The molecule has 0 aliphatic carbocycles. The Morgan fingerprint density at radius 2 is 1.86 bits per heavy atom. The molecule has 0 atom stereocenters. The first-order valence-electron chi connectivity index (χ1n) is 10.1. The zero-order chi connectivity index (χ0) is 19.9. The second kappa shape index (κ2) is 9.73. The van der Waals surface area contributed by atoms with Gasteiger partial charge in [0.25, 0.3) is 5.91 Å². The standard InChI is InChI=1S/C20H29N3O5/c1-2-27-18(24)15-21-8-4-9-22(13-12-21)19(25)16-6-10-23(11-7-16)20(26)17-5-3-14-28-17/h3,5,14,16H,2,4,6-13,15H2,1H3. The summed E-state index contributed by atoms with van der Waals surface area (Å²) in [5, 5.41) is 0. The van der Waals surface area contributed by atoms with Crippen molar-refractivity contribution >= 4 is 17.8 Å². The minimum atomic E-state index is -0.212. The highest BCUT2D eigenvalue weighted by Crippen LogP contribution is 2.22. The number of amides is 2. The molecule has 0 saturated carbocycles. The number of carbonyl (C=O) groups is 3. The third-order valence-electron chi connectivity index (χ3n) is 5.42. The fourth-order valence-corrected chi connectivity index (χ4v) is 3.88. The molecule has 0 N–H and O–H groups in total. The Balaban J connectivity index is 1.46. The molecule has 0 radical (unpaired) electrons. The Morgan fingerprint density at radius 3 is 2.54 bits per heavy atom. The van der Waals surface area contributed by atoms with Crippen molar-refractivity contribution in [2.24, 2.45) is 5.92 Å². The van der Waals surface area contributed by atoms with E-state index in [9.17, 15) is 14.4 Å². The largest absolute Gasteiger partial charge is 0.465 e. The maximum Gasteiger partial charge on any atom is 0.320 e. The highest BCUT2D eigenvalue weighted by Gasteiger charge is 2.32. The molecule has 8 heteroatoms. The second-order valence-electron chi connectivity index (χ2n) is 7.30. The number of likely N-dealkylation sites (tertiary alicyclic amines) is 1. The molecule has 28 heavy (non-hydrogen) atoms. The lowest BCUT2D eigenvalue weighted by Crippen LogP contribution is -2.45. The zero-order valence-electron chi connectivity index (χ0n) is 16.5. The molecule has 1 aromatic heterocycles. The molecule has 8 nitrogen and oxygen atoms in total. The average molecular weight is 391 g/mol. The summed E-state index contributed by atoms with van der Waals surface area (Å²) in [5.74, 6) is 0.149. The number of hydrogen-bond donors (Lipinski definition) is 0. The predicted molar refractivity (Wildman–Crippen MR) is 102 cm³/mol. The molecule has 2 saturated heterocycles. The maximum atomic E-state index is 12.9. The van der Waals surface area contributed by atoms with Crippen LogP contribution in [0.3, 0.4) is 0 Å². The van der Waals surface area contributed by atoms with Crippen molar-refractivity contribution in [3.8, 4) is 0 Å². The first-order chi connectivity index (χ1) is 13.6. The second-order valence-corrected chi connectivity index (χ2v) is 7.30. The fraction of sp³-hybridized carbons (Fsp3) is 0.650. The minimum Gasteiger partial charge on any atom is -0.465 e. The van der Waals surface area contributed by atoms with Crippen LogP contribution in [-0.4, -0.2) is 84.9 Å². The van der Waals surface area contributed by atoms with Gasteiger partial charge in [-0.2, -0.15) is 0 Å². The molecule has 154 valence electrons. The summed E-state index contributed by atoms with van der Waals surface area (Å²) in [6.07, 6.45) is 3.69. The van der Waals surface area contributed by atoms with Gasteiger partial charge in [0.05, 0.1) is 19.4 Å². The van der Waals surface area contributed by atoms with Crippen LogP contribution < -0.4 is 0 Å². The van der Waals surface area contributed by atoms with E-state index in [4.69, 9.17) is 9.15 Å². The van der Waals surface area contributed by atoms with E-state index < -0.39 is 0 Å². The van der Waals surface area contributed by atoms with Crippen LogP contribution in [-0.2, 0) is 14.3 Å². The third kappa shape index (κ3) is 5.13. The fourth-order valence-electron chi connectivity index (χ4n) is 3.88. The van der Waals surface area contributed by atoms with Gasteiger partial charge in [-0.1, -0.05) is 0 Å². The Morgan fingerprint density at radius 1 is 1.07 bits per heavy atom. The van der Waals surface area contributed by atoms with Gasteiger partial charge in [-0.15, -0.1) is 0 Å². The van der Waals surface area contributed by atoms with Gasteiger partial charge in [-0.05, 0) is 38.3 Å². The van der Waals surface area contributed by atoms with Crippen LogP contribution in [0.1, 0.15) is 36.7 Å². The van der Waals surface area contributed by atoms with Crippen molar-refractivity contribution in [2.45, 2.75) is 26.2 Å². The van der Waals surface area contributed by atoms with E-state index in [0.29, 0.717) is 57.9 Å². The van der Waals surface area contributed by atoms with Crippen LogP contribution in [0, 0.1) is 5.92 Å². The van der Waals surface area contributed by atoms with Crippen molar-refractivity contribution in [2.75, 3.05) is 52.4 Å². The zero-order valence-corrected chi connectivity index (χ0v) is 16.5. The van der Waals surface area contributed by atoms with Gasteiger partial charge in [-0.3, -0.25) is 19.3 Å². The van der Waals surface area contributed by atoms with E-state index in [0.717, 1.165) is 13.0 Å². The smallest absolute Gasteiger partial charge is 0.320 e. The van der Waals surface area contributed by atoms with Crippen molar-refractivity contribution in [3.63, 3.8) is 0 Å². The highest BCUT2D eigenvalue weighted by atomic mass is 16.5. The molecule has 0 bridgehead atoms. The van der Waals surface area contributed by atoms with Crippen molar-refractivity contribution < 1.29 is 23.5 Å². The number of hydrogen-bond acceptors (Lipinski definition) is 6. The maximum absolute atomic E-state index is 12.9. The molecule has 2 fully saturated rings. The molecule has 2 aliphatic rings. The summed E-state index contributed by atoms with van der Waals surface area (Å²) in [7, 11) is 0. The first kappa shape index (κ1) is 20.4. The van der Waals surface area contributed by atoms with Crippen LogP contribution in [0.5, 0.6) is 0 Å². The number of nitrogens with zero attached hydrogens (tertiary/aromatic N) is 3. The molecule has 0 spiro atoms. The molecule has 0 unspecified atom stereocenters. The van der Waals surface area contributed by atoms with Crippen LogP contribution in [0.2, 0.25) is 0 Å². The van der Waals surface area contributed by atoms with Crippen LogP contribution >= 0.6 is 0 Å². The molecule has 0 aromatic carbocycles. The van der Waals surface area contributed by atoms with Gasteiger partial charge >= 0.3 is 5.97 Å². The van der Waals surface area contributed by atoms with Gasteiger partial charge in [0, 0.05) is 45.2 Å². The molecule has 2 amide bonds. The van der Waals surface area contributed by atoms with Gasteiger partial charge in [0.2, 0.25) is 5.91 Å². The van der Waals surface area contributed by atoms with E-state index in [1.807, 2.05) is 4.90 Å². The van der Waals surface area contributed by atoms with E-state index in [-0.39, 0.29) is 30.2 Å². The Labute approximate surface area is 165 Å². The molecule has 2 aliphatic heterocycles. The topological polar surface area (TPSA) is 83.3 Å². The molecule has 1 aromatic rings. The number of esters is 1. The minimum absolute atomic E-state index is 0.0442. The molecular weight excluding hydrogens is 362 g/mol. The number of carbonyl (C=O) groups excluding carboxylic acids is 3. The molecule has 3 heterocycles. The van der Waals surface area contributed by atoms with Crippen LogP contribution in [0.15, 0.2) is 22.8 Å². The van der Waals surface area contributed by atoms with E-state index in [1.165, 1.54) is 6.26 Å².